The summed E-state index contributed by atoms with van der Waals surface area (Å²) in [5.74, 6) is 0. The molecule has 3 rings (SSSR count). The molecular formula is C11H22O6. The van der Waals surface area contributed by atoms with Crippen LogP contribution in [0.3, 0.4) is 0 Å². The van der Waals surface area contributed by atoms with Gasteiger partial charge in [0.15, 0.2) is 0 Å². The standard InChI is InChI=1S/C6H10O3.C5H12O3/c1-6-2-7-5(8-3-6)9-4-6;1-5(2-6,3-7)4-8/h5H,2-4H2,1H3;6-8H,2-4H2,1H3. The Morgan fingerprint density at radius 3 is 1.47 bits per heavy atom. The summed E-state index contributed by atoms with van der Waals surface area (Å²) >= 11 is 0. The molecule has 3 saturated heterocycles. The zero-order valence-electron chi connectivity index (χ0n) is 10.4. The van der Waals surface area contributed by atoms with Gasteiger partial charge in [-0.25, -0.2) is 0 Å². The zero-order chi connectivity index (χ0) is 12.9. The Bertz CT molecular complexity index is 198. The molecule has 6 nitrogen and oxygen atoms in total. The lowest BCUT2D eigenvalue weighted by Gasteiger charge is -2.42. The molecule has 3 aliphatic heterocycles. The lowest BCUT2D eigenvalue weighted by Crippen LogP contribution is -2.50. The Labute approximate surface area is 101 Å². The molecular weight excluding hydrogens is 228 g/mol. The van der Waals surface area contributed by atoms with E-state index in [9.17, 15) is 0 Å². The number of fused-ring (bicyclic) bond motifs is 3. The van der Waals surface area contributed by atoms with E-state index in [0.717, 1.165) is 19.8 Å². The van der Waals surface area contributed by atoms with Gasteiger partial charge < -0.3 is 29.5 Å². The van der Waals surface area contributed by atoms with Crippen LogP contribution in [-0.4, -0.2) is 61.4 Å². The van der Waals surface area contributed by atoms with Crippen molar-refractivity contribution in [3.8, 4) is 0 Å². The molecule has 3 fully saturated rings. The number of hydrogen-bond acceptors (Lipinski definition) is 6. The van der Waals surface area contributed by atoms with E-state index >= 15 is 0 Å². The Kier molecular flexibility index (Phi) is 5.30. The summed E-state index contributed by atoms with van der Waals surface area (Å²) in [6.07, 6.45) is 0. The van der Waals surface area contributed by atoms with E-state index in [1.807, 2.05) is 0 Å². The summed E-state index contributed by atoms with van der Waals surface area (Å²) in [7, 11) is 0. The monoisotopic (exact) mass is 250 g/mol. The number of ether oxygens (including phenoxy) is 3. The van der Waals surface area contributed by atoms with Crippen molar-refractivity contribution in [1.82, 2.24) is 0 Å². The smallest absolute Gasteiger partial charge is 0.271 e. The van der Waals surface area contributed by atoms with Gasteiger partial charge in [-0.3, -0.25) is 0 Å². The summed E-state index contributed by atoms with van der Waals surface area (Å²) < 4.78 is 15.4. The fourth-order valence-corrected chi connectivity index (χ4v) is 1.23. The summed E-state index contributed by atoms with van der Waals surface area (Å²) in [5.41, 5.74) is -0.589. The maximum atomic E-state index is 8.47. The molecule has 0 aromatic carbocycles. The lowest BCUT2D eigenvalue weighted by atomic mass is 9.93. The minimum Gasteiger partial charge on any atom is -0.396 e. The predicted molar refractivity (Wildman–Crippen MR) is 59.1 cm³/mol. The highest BCUT2D eigenvalue weighted by molar-refractivity contribution is 4.78. The Morgan fingerprint density at radius 2 is 1.35 bits per heavy atom. The molecule has 0 radical (unpaired) electrons. The van der Waals surface area contributed by atoms with Crippen LogP contribution in [0.15, 0.2) is 0 Å². The van der Waals surface area contributed by atoms with Crippen molar-refractivity contribution in [1.29, 1.82) is 0 Å². The van der Waals surface area contributed by atoms with Gasteiger partial charge in [-0.2, -0.15) is 0 Å². The first-order chi connectivity index (χ1) is 7.97. The van der Waals surface area contributed by atoms with Crippen molar-refractivity contribution >= 4 is 0 Å². The lowest BCUT2D eigenvalue weighted by molar-refractivity contribution is -0.391. The van der Waals surface area contributed by atoms with Gasteiger partial charge in [0.1, 0.15) is 0 Å². The van der Waals surface area contributed by atoms with E-state index in [1.165, 1.54) is 0 Å². The molecule has 17 heavy (non-hydrogen) atoms. The van der Waals surface area contributed by atoms with Gasteiger partial charge in [0.25, 0.3) is 6.48 Å². The van der Waals surface area contributed by atoms with Gasteiger partial charge in [0.2, 0.25) is 0 Å². The molecule has 0 saturated carbocycles. The van der Waals surface area contributed by atoms with Gasteiger partial charge in [0.05, 0.1) is 39.6 Å². The fraction of sp³-hybridized carbons (Fsp3) is 1.00. The third-order valence-electron chi connectivity index (χ3n) is 2.85. The third-order valence-corrected chi connectivity index (χ3v) is 2.85. The molecule has 0 atom stereocenters. The van der Waals surface area contributed by atoms with E-state index in [-0.39, 0.29) is 31.7 Å². The van der Waals surface area contributed by atoms with Crippen LogP contribution >= 0.6 is 0 Å². The van der Waals surface area contributed by atoms with Gasteiger partial charge in [-0.1, -0.05) is 13.8 Å². The highest BCUT2D eigenvalue weighted by Gasteiger charge is 2.39. The number of aliphatic hydroxyl groups is 3. The first-order valence-corrected chi connectivity index (χ1v) is 5.64. The minimum absolute atomic E-state index is 0.120. The van der Waals surface area contributed by atoms with E-state index in [1.54, 1.807) is 6.92 Å². The van der Waals surface area contributed by atoms with Gasteiger partial charge >= 0.3 is 0 Å². The van der Waals surface area contributed by atoms with Crippen LogP contribution in [0.5, 0.6) is 0 Å². The highest BCUT2D eigenvalue weighted by Crippen LogP contribution is 2.30. The molecule has 0 aromatic rings. The van der Waals surface area contributed by atoms with Crippen LogP contribution in [0.2, 0.25) is 0 Å². The molecule has 3 heterocycles. The quantitative estimate of drug-likeness (QED) is 0.615. The largest absolute Gasteiger partial charge is 0.396 e. The van der Waals surface area contributed by atoms with Crippen LogP contribution in [0, 0.1) is 10.8 Å². The van der Waals surface area contributed by atoms with E-state index in [4.69, 9.17) is 29.5 Å². The second-order valence-corrected chi connectivity index (χ2v) is 5.32. The molecule has 0 aromatic heterocycles. The Balaban J connectivity index is 0.000000172. The van der Waals surface area contributed by atoms with Crippen LogP contribution in [-0.2, 0) is 14.2 Å². The Hall–Kier alpha value is -0.240. The first kappa shape index (κ1) is 14.8. The molecule has 0 aliphatic carbocycles. The number of hydrogen-bond donors (Lipinski definition) is 3. The average Bonchev–Trinajstić information content (AvgIpc) is 2.39. The number of rotatable bonds is 3. The summed E-state index contributed by atoms with van der Waals surface area (Å²) in [6, 6.07) is 0. The van der Waals surface area contributed by atoms with Gasteiger partial charge in [-0.15, -0.1) is 0 Å². The van der Waals surface area contributed by atoms with Crippen molar-refractivity contribution in [2.45, 2.75) is 20.3 Å². The molecule has 2 bridgehead atoms. The second-order valence-electron chi connectivity index (χ2n) is 5.32. The summed E-state index contributed by atoms with van der Waals surface area (Å²) in [6.45, 7) is 5.12. The SMILES string of the molecule is CC(CO)(CO)CO.CC12COC(OC1)OC2. The highest BCUT2D eigenvalue weighted by atomic mass is 16.9. The first-order valence-electron chi connectivity index (χ1n) is 5.64. The normalized spacial score (nSPS) is 31.9. The average molecular weight is 250 g/mol. The van der Waals surface area contributed by atoms with Crippen molar-refractivity contribution in [2.24, 2.45) is 10.8 Å². The summed E-state index contributed by atoms with van der Waals surface area (Å²) in [4.78, 5) is 0. The van der Waals surface area contributed by atoms with Crippen LogP contribution in [0.4, 0.5) is 0 Å². The Morgan fingerprint density at radius 1 is 1.00 bits per heavy atom. The van der Waals surface area contributed by atoms with Crippen molar-refractivity contribution in [2.75, 3.05) is 39.6 Å². The maximum Gasteiger partial charge on any atom is 0.271 e. The second kappa shape index (κ2) is 6.08. The maximum absolute atomic E-state index is 8.47. The molecule has 0 amide bonds. The molecule has 102 valence electrons. The summed E-state index contributed by atoms with van der Waals surface area (Å²) in [5, 5.41) is 25.4. The van der Waals surface area contributed by atoms with Crippen molar-refractivity contribution < 1.29 is 29.5 Å². The fourth-order valence-electron chi connectivity index (χ4n) is 1.23. The molecule has 3 N–H and O–H groups in total. The van der Waals surface area contributed by atoms with Crippen LogP contribution in [0.25, 0.3) is 0 Å². The van der Waals surface area contributed by atoms with E-state index in [2.05, 4.69) is 6.92 Å². The van der Waals surface area contributed by atoms with Crippen LogP contribution < -0.4 is 0 Å². The third kappa shape index (κ3) is 4.17. The zero-order valence-corrected chi connectivity index (χ0v) is 10.4. The number of aliphatic hydroxyl groups excluding tert-OH is 3. The van der Waals surface area contributed by atoms with Crippen molar-refractivity contribution in [3.63, 3.8) is 0 Å². The molecule has 6 heteroatoms. The van der Waals surface area contributed by atoms with E-state index < -0.39 is 5.41 Å². The molecule has 0 spiro atoms. The van der Waals surface area contributed by atoms with Gasteiger partial charge in [0, 0.05) is 10.8 Å². The minimum atomic E-state index is -0.708. The molecule has 0 unspecified atom stereocenters. The topological polar surface area (TPSA) is 88.4 Å². The van der Waals surface area contributed by atoms with E-state index in [0.29, 0.717) is 0 Å². The van der Waals surface area contributed by atoms with Gasteiger partial charge in [-0.05, 0) is 0 Å². The molecule has 3 aliphatic rings. The van der Waals surface area contributed by atoms with Crippen LogP contribution in [0.1, 0.15) is 13.8 Å². The van der Waals surface area contributed by atoms with Crippen molar-refractivity contribution in [3.05, 3.63) is 0 Å². The predicted octanol–water partition coefficient (Wildman–Crippen LogP) is -0.677.